The predicted molar refractivity (Wildman–Crippen MR) is 88.3 cm³/mol. The molecule has 1 aromatic carbocycles. The lowest BCUT2D eigenvalue weighted by Gasteiger charge is -2.35. The van der Waals surface area contributed by atoms with Gasteiger partial charge in [0.25, 0.3) is 0 Å². The number of fused-ring (bicyclic) bond motifs is 1. The second-order valence-electron chi connectivity index (χ2n) is 6.16. The number of benzene rings is 1. The Kier molecular flexibility index (Phi) is 4.73. The average Bonchev–Trinajstić information content (AvgIpc) is 3.00. The van der Waals surface area contributed by atoms with E-state index in [1.807, 2.05) is 12.1 Å². The molecule has 0 spiro atoms. The summed E-state index contributed by atoms with van der Waals surface area (Å²) in [6.07, 6.45) is 0.929. The van der Waals surface area contributed by atoms with Gasteiger partial charge in [-0.15, -0.1) is 0 Å². The van der Waals surface area contributed by atoms with E-state index in [4.69, 9.17) is 15.2 Å². The monoisotopic (exact) mass is 333 g/mol. The molecule has 0 radical (unpaired) electrons. The Balaban J connectivity index is 1.77. The summed E-state index contributed by atoms with van der Waals surface area (Å²) >= 11 is 0. The predicted octanol–water partition coefficient (Wildman–Crippen LogP) is 0.757. The van der Waals surface area contributed by atoms with Crippen molar-refractivity contribution in [2.24, 2.45) is 0 Å². The number of likely N-dealkylation sites (tertiary alicyclic amines) is 1. The minimum absolute atomic E-state index is 0.119. The fourth-order valence-corrected chi connectivity index (χ4v) is 3.48. The minimum atomic E-state index is -0.294. The van der Waals surface area contributed by atoms with E-state index in [1.165, 1.54) is 4.90 Å². The molecule has 1 saturated heterocycles. The second kappa shape index (κ2) is 6.78. The molecule has 7 nitrogen and oxygen atoms in total. The number of imide groups is 1. The molecule has 130 valence electrons. The summed E-state index contributed by atoms with van der Waals surface area (Å²) in [5, 5.41) is 0. The first-order valence-electron chi connectivity index (χ1n) is 8.08. The molecule has 1 unspecified atom stereocenters. The molecule has 0 aliphatic carbocycles. The zero-order valence-corrected chi connectivity index (χ0v) is 14.1. The average molecular weight is 333 g/mol. The van der Waals surface area contributed by atoms with Crippen LogP contribution in [0, 0.1) is 0 Å². The number of hydrogen-bond acceptors (Lipinski definition) is 6. The first-order chi connectivity index (χ1) is 11.6. The van der Waals surface area contributed by atoms with Crippen molar-refractivity contribution in [1.29, 1.82) is 0 Å². The minimum Gasteiger partial charge on any atom is -0.495 e. The summed E-state index contributed by atoms with van der Waals surface area (Å²) in [6, 6.07) is 3.55. The van der Waals surface area contributed by atoms with Crippen LogP contribution in [0.3, 0.4) is 0 Å². The van der Waals surface area contributed by atoms with Crippen molar-refractivity contribution in [3.05, 3.63) is 23.3 Å². The summed E-state index contributed by atoms with van der Waals surface area (Å²) in [5.41, 5.74) is 8.93. The van der Waals surface area contributed by atoms with Crippen molar-refractivity contribution < 1.29 is 19.1 Å². The number of piperidine rings is 1. The summed E-state index contributed by atoms with van der Waals surface area (Å²) in [4.78, 5) is 28.2. The Morgan fingerprint density at radius 3 is 2.75 bits per heavy atom. The number of rotatable bonds is 5. The van der Waals surface area contributed by atoms with Crippen molar-refractivity contribution in [1.82, 2.24) is 9.80 Å². The molecule has 0 aromatic heterocycles. The number of ether oxygens (including phenoxy) is 2. The molecule has 7 heteroatoms. The van der Waals surface area contributed by atoms with Crippen LogP contribution in [0.4, 0.5) is 5.69 Å². The molecule has 1 atom stereocenters. The van der Waals surface area contributed by atoms with Crippen LogP contribution in [0.25, 0.3) is 0 Å². The molecule has 2 aliphatic heterocycles. The Morgan fingerprint density at radius 1 is 1.25 bits per heavy atom. The van der Waals surface area contributed by atoms with Gasteiger partial charge in [-0.2, -0.15) is 0 Å². The quantitative estimate of drug-likeness (QED) is 0.632. The lowest BCUT2D eigenvalue weighted by molar-refractivity contribution is -0.153. The van der Waals surface area contributed by atoms with E-state index in [2.05, 4.69) is 4.90 Å². The normalized spacial score (nSPS) is 21.2. The van der Waals surface area contributed by atoms with Gasteiger partial charge >= 0.3 is 0 Å². The third-order valence-electron chi connectivity index (χ3n) is 4.81. The van der Waals surface area contributed by atoms with Crippen molar-refractivity contribution in [2.75, 3.05) is 33.1 Å². The van der Waals surface area contributed by atoms with Crippen LogP contribution < -0.4 is 10.5 Å². The number of carbonyl (C=O) groups is 2. The molecular formula is C17H23N3O4. The number of carbonyl (C=O) groups excluding carboxylic acids is 2. The number of nitrogen functional groups attached to an aromatic ring is 1. The molecule has 0 bridgehead atoms. The number of methoxy groups -OCH3 is 2. The van der Waals surface area contributed by atoms with Gasteiger partial charge in [-0.3, -0.25) is 19.4 Å². The van der Waals surface area contributed by atoms with Gasteiger partial charge in [0.05, 0.1) is 32.0 Å². The topological polar surface area (TPSA) is 85.1 Å². The molecule has 0 saturated carbocycles. The highest BCUT2D eigenvalue weighted by molar-refractivity contribution is 6.00. The van der Waals surface area contributed by atoms with Crippen LogP contribution >= 0.6 is 0 Å². The van der Waals surface area contributed by atoms with Crippen molar-refractivity contribution in [3.8, 4) is 5.75 Å². The molecule has 1 aromatic rings. The summed E-state index contributed by atoms with van der Waals surface area (Å²) in [5.74, 6) is 0.398. The fraction of sp³-hybridized carbons (Fsp3) is 0.529. The Hall–Kier alpha value is -2.12. The smallest absolute Gasteiger partial charge is 0.246 e. The zero-order chi connectivity index (χ0) is 17.3. The van der Waals surface area contributed by atoms with E-state index < -0.39 is 0 Å². The molecule has 2 amide bonds. The third-order valence-corrected chi connectivity index (χ3v) is 4.81. The van der Waals surface area contributed by atoms with E-state index in [1.54, 1.807) is 14.2 Å². The maximum atomic E-state index is 12.7. The highest BCUT2D eigenvalue weighted by atomic mass is 16.5. The SMILES string of the molecule is COCCN1C(=O)CCC(N2Cc3ccc(OC)c(N)c3C2)C1=O. The lowest BCUT2D eigenvalue weighted by atomic mass is 10.0. The molecule has 24 heavy (non-hydrogen) atoms. The van der Waals surface area contributed by atoms with Crippen LogP contribution in [-0.2, 0) is 27.4 Å². The molecule has 2 heterocycles. The van der Waals surface area contributed by atoms with Crippen LogP contribution in [-0.4, -0.2) is 55.0 Å². The maximum absolute atomic E-state index is 12.7. The molecular weight excluding hydrogens is 310 g/mol. The van der Waals surface area contributed by atoms with Gasteiger partial charge in [0, 0.05) is 26.6 Å². The number of nitrogens with zero attached hydrogens (tertiary/aromatic N) is 2. The summed E-state index contributed by atoms with van der Waals surface area (Å²) in [7, 11) is 3.15. The molecule has 2 N–H and O–H groups in total. The fourth-order valence-electron chi connectivity index (χ4n) is 3.48. The molecule has 1 fully saturated rings. The maximum Gasteiger partial charge on any atom is 0.246 e. The van der Waals surface area contributed by atoms with Crippen molar-refractivity contribution in [2.45, 2.75) is 32.0 Å². The van der Waals surface area contributed by atoms with Crippen LogP contribution in [0.5, 0.6) is 5.75 Å². The number of anilines is 1. The number of amides is 2. The number of nitrogens with two attached hydrogens (primary N) is 1. The molecule has 3 rings (SSSR count). The largest absolute Gasteiger partial charge is 0.495 e. The Bertz CT molecular complexity index is 661. The van der Waals surface area contributed by atoms with Crippen LogP contribution in [0.2, 0.25) is 0 Å². The van der Waals surface area contributed by atoms with Gasteiger partial charge in [-0.05, 0) is 23.6 Å². The highest BCUT2D eigenvalue weighted by Gasteiger charge is 2.39. The van der Waals surface area contributed by atoms with E-state index >= 15 is 0 Å². The van der Waals surface area contributed by atoms with Crippen LogP contribution in [0.15, 0.2) is 12.1 Å². The van der Waals surface area contributed by atoms with E-state index in [-0.39, 0.29) is 17.9 Å². The van der Waals surface area contributed by atoms with E-state index in [9.17, 15) is 9.59 Å². The molecule has 2 aliphatic rings. The van der Waals surface area contributed by atoms with Gasteiger partial charge in [-0.1, -0.05) is 6.07 Å². The Labute approximate surface area is 141 Å². The zero-order valence-electron chi connectivity index (χ0n) is 14.1. The highest BCUT2D eigenvalue weighted by Crippen LogP contribution is 2.36. The van der Waals surface area contributed by atoms with Crippen LogP contribution in [0.1, 0.15) is 24.0 Å². The Morgan fingerprint density at radius 2 is 2.04 bits per heavy atom. The van der Waals surface area contributed by atoms with Gasteiger partial charge in [0.1, 0.15) is 5.75 Å². The van der Waals surface area contributed by atoms with Gasteiger partial charge < -0.3 is 15.2 Å². The lowest BCUT2D eigenvalue weighted by Crippen LogP contribution is -2.54. The number of hydrogen-bond donors (Lipinski definition) is 1. The van der Waals surface area contributed by atoms with E-state index in [0.717, 1.165) is 11.1 Å². The van der Waals surface area contributed by atoms with E-state index in [0.29, 0.717) is 50.5 Å². The van der Waals surface area contributed by atoms with Gasteiger partial charge in [0.2, 0.25) is 11.8 Å². The standard InChI is InChI=1S/C17H23N3O4/c1-23-8-7-20-15(21)6-4-13(17(20)22)19-9-11-3-5-14(24-2)16(18)12(11)10-19/h3,5,13H,4,6-10,18H2,1-2H3. The van der Waals surface area contributed by atoms with Gasteiger partial charge in [-0.25, -0.2) is 0 Å². The van der Waals surface area contributed by atoms with Crippen molar-refractivity contribution >= 4 is 17.5 Å². The second-order valence-corrected chi connectivity index (χ2v) is 6.16. The third kappa shape index (κ3) is 2.85. The van der Waals surface area contributed by atoms with Gasteiger partial charge in [0.15, 0.2) is 0 Å². The summed E-state index contributed by atoms with van der Waals surface area (Å²) in [6.45, 7) is 1.92. The first-order valence-corrected chi connectivity index (χ1v) is 8.08. The van der Waals surface area contributed by atoms with Crippen molar-refractivity contribution in [3.63, 3.8) is 0 Å². The first kappa shape index (κ1) is 16.7. The summed E-state index contributed by atoms with van der Waals surface area (Å²) < 4.78 is 10.3.